The largest absolute Gasteiger partial charge is 0.444 e. The van der Waals surface area contributed by atoms with Gasteiger partial charge in [-0.25, -0.2) is 4.79 Å². The molecule has 0 aliphatic rings. The number of unbranched alkanes of at least 4 members (excludes halogenated alkanes) is 1. The average Bonchev–Trinajstić information content (AvgIpc) is 2.56. The molecule has 0 spiro atoms. The maximum Gasteiger partial charge on any atom is 0.407 e. The van der Waals surface area contributed by atoms with Crippen molar-refractivity contribution >= 4 is 18.0 Å². The van der Waals surface area contributed by atoms with Crippen LogP contribution in [0.4, 0.5) is 4.79 Å². The number of guanidine groups is 1. The average molecular weight is 372 g/mol. The Morgan fingerprint density at radius 3 is 2.31 bits per heavy atom. The van der Waals surface area contributed by atoms with Gasteiger partial charge in [0.1, 0.15) is 5.60 Å². The summed E-state index contributed by atoms with van der Waals surface area (Å²) in [6.45, 7) is 10.8. The molecule has 0 saturated heterocycles. The van der Waals surface area contributed by atoms with Gasteiger partial charge in [0.2, 0.25) is 5.91 Å². The van der Waals surface area contributed by atoms with Crippen LogP contribution in [0, 0.1) is 0 Å². The van der Waals surface area contributed by atoms with Gasteiger partial charge in [0.05, 0.1) is 6.54 Å². The summed E-state index contributed by atoms with van der Waals surface area (Å²) in [6.07, 6.45) is 3.39. The molecule has 1 unspecified atom stereocenters. The molecule has 1 atom stereocenters. The van der Waals surface area contributed by atoms with E-state index in [4.69, 9.17) is 4.74 Å². The third-order valence-electron chi connectivity index (χ3n) is 3.35. The van der Waals surface area contributed by atoms with Gasteiger partial charge in [-0.05, 0) is 33.6 Å². The maximum absolute atomic E-state index is 11.8. The second kappa shape index (κ2) is 13.2. The minimum absolute atomic E-state index is 0.00706. The summed E-state index contributed by atoms with van der Waals surface area (Å²) >= 11 is 0. The molecular formula is C18H37N5O3. The smallest absolute Gasteiger partial charge is 0.407 e. The van der Waals surface area contributed by atoms with E-state index >= 15 is 0 Å². The molecule has 8 heteroatoms. The van der Waals surface area contributed by atoms with Crippen molar-refractivity contribution < 1.29 is 14.3 Å². The summed E-state index contributed by atoms with van der Waals surface area (Å²) in [5.74, 6) is 0.454. The number of nitrogens with zero attached hydrogens (tertiary/aromatic N) is 1. The van der Waals surface area contributed by atoms with Crippen molar-refractivity contribution in [2.45, 2.75) is 71.9 Å². The summed E-state index contributed by atoms with van der Waals surface area (Å²) in [5.41, 5.74) is -0.528. The molecule has 0 aromatic rings. The molecule has 152 valence electrons. The monoisotopic (exact) mass is 371 g/mol. The lowest BCUT2D eigenvalue weighted by molar-refractivity contribution is -0.120. The zero-order chi connectivity index (χ0) is 20.0. The molecule has 2 amide bonds. The Balaban J connectivity index is 4.51. The van der Waals surface area contributed by atoms with Crippen molar-refractivity contribution in [1.29, 1.82) is 0 Å². The van der Waals surface area contributed by atoms with Gasteiger partial charge in [0, 0.05) is 26.2 Å². The van der Waals surface area contributed by atoms with Crippen LogP contribution in [0.5, 0.6) is 0 Å². The lowest BCUT2D eigenvalue weighted by Crippen LogP contribution is -2.50. The van der Waals surface area contributed by atoms with Crippen molar-refractivity contribution in [2.24, 2.45) is 4.99 Å². The molecule has 0 aromatic carbocycles. The first-order valence-electron chi connectivity index (χ1n) is 9.42. The fourth-order valence-corrected chi connectivity index (χ4v) is 2.08. The van der Waals surface area contributed by atoms with Crippen molar-refractivity contribution in [3.05, 3.63) is 0 Å². The third-order valence-corrected chi connectivity index (χ3v) is 3.35. The standard InChI is InChI=1S/C18H37N5O3/c1-7-9-10-14(12-22-17(25)26-18(3,4)5)23-16(19-6)21-13-15(24)20-11-8-2/h14H,7-13H2,1-6H3,(H,20,24)(H,22,25)(H2,19,21,23). The zero-order valence-electron chi connectivity index (χ0n) is 17.2. The highest BCUT2D eigenvalue weighted by Crippen LogP contribution is 2.06. The van der Waals surface area contributed by atoms with Gasteiger partial charge in [-0.3, -0.25) is 9.79 Å². The summed E-state index contributed by atoms with van der Waals surface area (Å²) in [5, 5.41) is 11.8. The molecule has 0 aromatic heterocycles. The predicted molar refractivity (Wildman–Crippen MR) is 105 cm³/mol. The molecule has 0 rings (SSSR count). The van der Waals surface area contributed by atoms with Crippen molar-refractivity contribution in [3.63, 3.8) is 0 Å². The topological polar surface area (TPSA) is 104 Å². The van der Waals surface area contributed by atoms with Crippen LogP contribution < -0.4 is 21.3 Å². The number of nitrogens with one attached hydrogen (secondary N) is 4. The lowest BCUT2D eigenvalue weighted by atomic mass is 10.1. The number of hydrogen-bond acceptors (Lipinski definition) is 4. The summed E-state index contributed by atoms with van der Waals surface area (Å²) in [7, 11) is 1.65. The van der Waals surface area contributed by atoms with E-state index in [2.05, 4.69) is 33.2 Å². The van der Waals surface area contributed by atoms with Crippen LogP contribution in [-0.4, -0.2) is 56.3 Å². The van der Waals surface area contributed by atoms with E-state index in [0.717, 1.165) is 25.7 Å². The molecule has 0 aliphatic heterocycles. The fourth-order valence-electron chi connectivity index (χ4n) is 2.08. The lowest BCUT2D eigenvalue weighted by Gasteiger charge is -2.24. The highest BCUT2D eigenvalue weighted by molar-refractivity contribution is 5.86. The van der Waals surface area contributed by atoms with E-state index in [1.54, 1.807) is 7.05 Å². The highest BCUT2D eigenvalue weighted by Gasteiger charge is 2.18. The summed E-state index contributed by atoms with van der Waals surface area (Å²) in [4.78, 5) is 27.7. The molecular weight excluding hydrogens is 334 g/mol. The fraction of sp³-hybridized carbons (Fsp3) is 0.833. The zero-order valence-corrected chi connectivity index (χ0v) is 17.2. The Morgan fingerprint density at radius 1 is 1.08 bits per heavy atom. The van der Waals surface area contributed by atoms with Crippen LogP contribution in [0.1, 0.15) is 60.3 Å². The predicted octanol–water partition coefficient (Wildman–Crippen LogP) is 1.76. The van der Waals surface area contributed by atoms with Crippen LogP contribution in [0.2, 0.25) is 0 Å². The Labute approximate surface area is 157 Å². The van der Waals surface area contributed by atoms with E-state index in [-0.39, 0.29) is 18.5 Å². The van der Waals surface area contributed by atoms with Gasteiger partial charge < -0.3 is 26.0 Å². The van der Waals surface area contributed by atoms with Crippen molar-refractivity contribution in [1.82, 2.24) is 21.3 Å². The van der Waals surface area contributed by atoms with Gasteiger partial charge in [-0.2, -0.15) is 0 Å². The molecule has 4 N–H and O–H groups in total. The van der Waals surface area contributed by atoms with Gasteiger partial charge in [-0.15, -0.1) is 0 Å². The van der Waals surface area contributed by atoms with Crippen LogP contribution >= 0.6 is 0 Å². The molecule has 0 radical (unpaired) electrons. The van der Waals surface area contributed by atoms with E-state index < -0.39 is 11.7 Å². The number of ether oxygens (including phenoxy) is 1. The SMILES string of the molecule is CCCCC(CNC(=O)OC(C)(C)C)NC(=NC)NCC(=O)NCCC. The first-order valence-corrected chi connectivity index (χ1v) is 9.42. The first kappa shape index (κ1) is 24.0. The van der Waals surface area contributed by atoms with E-state index in [1.807, 2.05) is 27.7 Å². The molecule has 0 bridgehead atoms. The minimum Gasteiger partial charge on any atom is -0.444 e. The number of aliphatic imine (C=N–C) groups is 1. The molecule has 8 nitrogen and oxygen atoms in total. The number of alkyl carbamates (subject to hydrolysis) is 1. The van der Waals surface area contributed by atoms with E-state index in [1.165, 1.54) is 0 Å². The molecule has 0 fully saturated rings. The molecule has 26 heavy (non-hydrogen) atoms. The maximum atomic E-state index is 11.8. The Hall–Kier alpha value is -1.99. The Bertz CT molecular complexity index is 447. The van der Waals surface area contributed by atoms with Crippen LogP contribution in [0.25, 0.3) is 0 Å². The van der Waals surface area contributed by atoms with Crippen LogP contribution in [0.3, 0.4) is 0 Å². The van der Waals surface area contributed by atoms with E-state index in [0.29, 0.717) is 19.0 Å². The van der Waals surface area contributed by atoms with Gasteiger partial charge >= 0.3 is 6.09 Å². The number of rotatable bonds is 10. The summed E-state index contributed by atoms with van der Waals surface area (Å²) in [6, 6.07) is -0.00706. The van der Waals surface area contributed by atoms with Gasteiger partial charge in [0.25, 0.3) is 0 Å². The second-order valence-corrected chi connectivity index (χ2v) is 7.14. The highest BCUT2D eigenvalue weighted by atomic mass is 16.6. The molecule has 0 aliphatic carbocycles. The van der Waals surface area contributed by atoms with Crippen LogP contribution in [0.15, 0.2) is 4.99 Å². The normalized spacial score (nSPS) is 12.9. The number of carbonyl (C=O) groups excluding carboxylic acids is 2. The second-order valence-electron chi connectivity index (χ2n) is 7.14. The Morgan fingerprint density at radius 2 is 1.77 bits per heavy atom. The van der Waals surface area contributed by atoms with E-state index in [9.17, 15) is 9.59 Å². The summed E-state index contributed by atoms with van der Waals surface area (Å²) < 4.78 is 5.26. The molecule has 0 heterocycles. The van der Waals surface area contributed by atoms with Gasteiger partial charge in [-0.1, -0.05) is 26.7 Å². The van der Waals surface area contributed by atoms with Gasteiger partial charge in [0.15, 0.2) is 5.96 Å². The first-order chi connectivity index (χ1) is 12.2. The minimum atomic E-state index is -0.528. The van der Waals surface area contributed by atoms with Crippen molar-refractivity contribution in [3.8, 4) is 0 Å². The Kier molecular flexibility index (Phi) is 12.2. The molecule has 0 saturated carbocycles. The van der Waals surface area contributed by atoms with Crippen LogP contribution in [-0.2, 0) is 9.53 Å². The number of amides is 2. The third kappa shape index (κ3) is 13.3. The van der Waals surface area contributed by atoms with Crippen molar-refractivity contribution in [2.75, 3.05) is 26.7 Å². The quantitative estimate of drug-likeness (QED) is 0.346. The number of carbonyl (C=O) groups is 2. The number of hydrogen-bond donors (Lipinski definition) is 4.